The summed E-state index contributed by atoms with van der Waals surface area (Å²) in [6.45, 7) is 3.88. The summed E-state index contributed by atoms with van der Waals surface area (Å²) in [5.74, 6) is 2.50. The number of hydrogen-bond donors (Lipinski definition) is 2. The van der Waals surface area contributed by atoms with Crippen LogP contribution < -0.4 is 24.8 Å². The zero-order valence-corrected chi connectivity index (χ0v) is 21.0. The van der Waals surface area contributed by atoms with Crippen LogP contribution in [-0.2, 0) is 13.1 Å². The number of nitrogens with one attached hydrogen (secondary N) is 2. The van der Waals surface area contributed by atoms with Gasteiger partial charge in [0.2, 0.25) is 5.75 Å². The molecule has 0 atom stereocenters. The van der Waals surface area contributed by atoms with Crippen molar-refractivity contribution in [2.75, 3.05) is 27.9 Å². The van der Waals surface area contributed by atoms with Crippen molar-refractivity contribution in [3.05, 3.63) is 60.2 Å². The molecule has 3 aromatic rings. The molecule has 9 nitrogen and oxygen atoms in total. The molecular weight excluding hydrogens is 523 g/mol. The average molecular weight is 552 g/mol. The molecule has 0 saturated heterocycles. The summed E-state index contributed by atoms with van der Waals surface area (Å²) in [4.78, 5) is 8.65. The third-order valence-electron chi connectivity index (χ3n) is 4.57. The molecule has 172 valence electrons. The van der Waals surface area contributed by atoms with Crippen LogP contribution in [0.2, 0.25) is 0 Å². The van der Waals surface area contributed by atoms with Gasteiger partial charge < -0.3 is 24.8 Å². The van der Waals surface area contributed by atoms with Gasteiger partial charge in [0.15, 0.2) is 17.5 Å². The van der Waals surface area contributed by atoms with Crippen LogP contribution >= 0.6 is 24.0 Å². The van der Waals surface area contributed by atoms with Gasteiger partial charge in [-0.3, -0.25) is 0 Å². The minimum Gasteiger partial charge on any atom is -0.493 e. The van der Waals surface area contributed by atoms with Gasteiger partial charge in [-0.25, -0.2) is 14.7 Å². The fourth-order valence-corrected chi connectivity index (χ4v) is 3.03. The second kappa shape index (κ2) is 12.7. The second-order valence-corrected chi connectivity index (χ2v) is 6.59. The Bertz CT molecular complexity index is 968. The van der Waals surface area contributed by atoms with E-state index in [1.54, 1.807) is 32.3 Å². The van der Waals surface area contributed by atoms with Crippen LogP contribution in [0, 0.1) is 0 Å². The van der Waals surface area contributed by atoms with Crippen molar-refractivity contribution in [2.45, 2.75) is 20.0 Å². The van der Waals surface area contributed by atoms with Gasteiger partial charge >= 0.3 is 0 Å². The summed E-state index contributed by atoms with van der Waals surface area (Å²) < 4.78 is 17.9. The number of nitrogens with zero attached hydrogens (tertiary/aromatic N) is 4. The summed E-state index contributed by atoms with van der Waals surface area (Å²) in [5.41, 5.74) is 3.04. The van der Waals surface area contributed by atoms with E-state index in [-0.39, 0.29) is 24.0 Å². The highest BCUT2D eigenvalue weighted by Gasteiger charge is 2.13. The van der Waals surface area contributed by atoms with Gasteiger partial charge in [-0.05, 0) is 42.3 Å². The number of ether oxygens (including phenoxy) is 3. The van der Waals surface area contributed by atoms with Crippen LogP contribution in [0.25, 0.3) is 5.69 Å². The molecule has 0 saturated carbocycles. The minimum atomic E-state index is 0. The predicted molar refractivity (Wildman–Crippen MR) is 135 cm³/mol. The van der Waals surface area contributed by atoms with Crippen molar-refractivity contribution < 1.29 is 14.2 Å². The van der Waals surface area contributed by atoms with Crippen LogP contribution in [0.1, 0.15) is 18.1 Å². The first-order valence-corrected chi connectivity index (χ1v) is 9.93. The summed E-state index contributed by atoms with van der Waals surface area (Å²) in [6.07, 6.45) is 3.19. The zero-order valence-electron chi connectivity index (χ0n) is 18.7. The van der Waals surface area contributed by atoms with E-state index in [9.17, 15) is 0 Å². The van der Waals surface area contributed by atoms with Gasteiger partial charge in [-0.2, -0.15) is 5.10 Å². The van der Waals surface area contributed by atoms with Gasteiger partial charge in [-0.15, -0.1) is 24.0 Å². The third kappa shape index (κ3) is 6.49. The number of hydrogen-bond acceptors (Lipinski definition) is 6. The van der Waals surface area contributed by atoms with Crippen molar-refractivity contribution in [1.29, 1.82) is 0 Å². The Labute approximate surface area is 205 Å². The van der Waals surface area contributed by atoms with E-state index in [0.717, 1.165) is 29.3 Å². The Balaban J connectivity index is 0.00000363. The smallest absolute Gasteiger partial charge is 0.203 e. The van der Waals surface area contributed by atoms with Crippen LogP contribution in [0.4, 0.5) is 0 Å². The van der Waals surface area contributed by atoms with Crippen molar-refractivity contribution in [1.82, 2.24) is 25.4 Å². The Morgan fingerprint density at radius 3 is 2.19 bits per heavy atom. The van der Waals surface area contributed by atoms with Gasteiger partial charge in [0, 0.05) is 13.1 Å². The molecule has 0 spiro atoms. The number of aromatic nitrogens is 3. The monoisotopic (exact) mass is 552 g/mol. The summed E-state index contributed by atoms with van der Waals surface area (Å²) in [6, 6.07) is 11.9. The molecule has 32 heavy (non-hydrogen) atoms. The number of guanidine groups is 1. The maximum Gasteiger partial charge on any atom is 0.203 e. The Morgan fingerprint density at radius 2 is 1.66 bits per heavy atom. The fourth-order valence-electron chi connectivity index (χ4n) is 3.03. The van der Waals surface area contributed by atoms with Gasteiger partial charge in [-0.1, -0.05) is 12.1 Å². The largest absolute Gasteiger partial charge is 0.493 e. The second-order valence-electron chi connectivity index (χ2n) is 6.59. The maximum atomic E-state index is 5.42. The van der Waals surface area contributed by atoms with Gasteiger partial charge in [0.25, 0.3) is 0 Å². The highest BCUT2D eigenvalue weighted by atomic mass is 127. The van der Waals surface area contributed by atoms with E-state index in [0.29, 0.717) is 30.3 Å². The summed E-state index contributed by atoms with van der Waals surface area (Å²) in [7, 11) is 4.79. The quantitative estimate of drug-likeness (QED) is 0.239. The van der Waals surface area contributed by atoms with Crippen LogP contribution in [0.15, 0.2) is 54.0 Å². The maximum absolute atomic E-state index is 5.42. The molecule has 1 heterocycles. The lowest BCUT2D eigenvalue weighted by Crippen LogP contribution is -2.36. The third-order valence-corrected chi connectivity index (χ3v) is 4.57. The molecule has 2 N–H and O–H groups in total. The highest BCUT2D eigenvalue weighted by molar-refractivity contribution is 14.0. The Morgan fingerprint density at radius 1 is 0.969 bits per heavy atom. The van der Waals surface area contributed by atoms with Gasteiger partial charge in [0.1, 0.15) is 12.7 Å². The molecule has 3 rings (SSSR count). The molecule has 0 aliphatic heterocycles. The molecule has 2 aromatic carbocycles. The summed E-state index contributed by atoms with van der Waals surface area (Å²) >= 11 is 0. The average Bonchev–Trinajstić information content (AvgIpc) is 3.35. The van der Waals surface area contributed by atoms with E-state index in [2.05, 4.69) is 25.7 Å². The van der Waals surface area contributed by atoms with Crippen LogP contribution in [0.5, 0.6) is 17.2 Å². The highest BCUT2D eigenvalue weighted by Crippen LogP contribution is 2.38. The van der Waals surface area contributed by atoms with E-state index in [1.807, 2.05) is 43.3 Å². The number of rotatable bonds is 9. The number of benzene rings is 2. The van der Waals surface area contributed by atoms with Crippen LogP contribution in [0.3, 0.4) is 0 Å². The lowest BCUT2D eigenvalue weighted by Gasteiger charge is -2.14. The first kappa shape index (κ1) is 25.2. The lowest BCUT2D eigenvalue weighted by atomic mass is 10.2. The first-order chi connectivity index (χ1) is 15.2. The predicted octanol–water partition coefficient (Wildman–Crippen LogP) is 3.17. The molecule has 10 heteroatoms. The number of methoxy groups -OCH3 is 3. The van der Waals surface area contributed by atoms with Gasteiger partial charge in [0.05, 0.1) is 33.6 Å². The normalized spacial score (nSPS) is 10.8. The molecule has 0 aliphatic carbocycles. The first-order valence-electron chi connectivity index (χ1n) is 9.93. The molecule has 1 aromatic heterocycles. The summed E-state index contributed by atoms with van der Waals surface area (Å²) in [5, 5.41) is 10.8. The van der Waals surface area contributed by atoms with Crippen molar-refractivity contribution in [2.24, 2.45) is 4.99 Å². The zero-order chi connectivity index (χ0) is 22.1. The number of aliphatic imine (C=N–C) groups is 1. The van der Waals surface area contributed by atoms with E-state index < -0.39 is 0 Å². The SMILES string of the molecule is CCNC(=NCc1cc(OC)c(OC)c(OC)c1)NCc1ccc(-n2cncn2)cc1.I. The van der Waals surface area contributed by atoms with Crippen molar-refractivity contribution in [3.8, 4) is 22.9 Å². The van der Waals surface area contributed by atoms with Crippen molar-refractivity contribution >= 4 is 29.9 Å². The topological polar surface area (TPSA) is 94.8 Å². The van der Waals surface area contributed by atoms with Crippen LogP contribution in [-0.4, -0.2) is 48.6 Å². The van der Waals surface area contributed by atoms with E-state index in [1.165, 1.54) is 6.33 Å². The number of halogens is 1. The van der Waals surface area contributed by atoms with E-state index >= 15 is 0 Å². The Kier molecular flexibility index (Phi) is 10.1. The molecule has 0 unspecified atom stereocenters. The fraction of sp³-hybridized carbons (Fsp3) is 0.318. The lowest BCUT2D eigenvalue weighted by molar-refractivity contribution is 0.324. The molecule has 0 amide bonds. The molecule has 0 aliphatic rings. The minimum absolute atomic E-state index is 0. The molecule has 0 fully saturated rings. The molecule has 0 radical (unpaired) electrons. The van der Waals surface area contributed by atoms with E-state index in [4.69, 9.17) is 14.2 Å². The molecular formula is C22H29IN6O3. The van der Waals surface area contributed by atoms with Crippen molar-refractivity contribution in [3.63, 3.8) is 0 Å². The molecule has 0 bridgehead atoms. The standard InChI is InChI=1S/C22H28N6O3.HI/c1-5-24-22(25-12-16-6-8-18(9-7-16)28-15-23-14-27-28)26-13-17-10-19(29-2)21(31-4)20(11-17)30-3;/h6-11,14-15H,5,12-13H2,1-4H3,(H2,24,25,26);1H. The Hall–Kier alpha value is -3.02.